The van der Waals surface area contributed by atoms with E-state index in [2.05, 4.69) is 23.5 Å². The summed E-state index contributed by atoms with van der Waals surface area (Å²) in [6.45, 7) is 0.962. The Labute approximate surface area is 170 Å². The number of benzene rings is 3. The lowest BCUT2D eigenvalue weighted by atomic mass is 10.0. The first-order valence-electron chi connectivity index (χ1n) is 9.35. The van der Waals surface area contributed by atoms with Crippen molar-refractivity contribution in [3.05, 3.63) is 66.2 Å². The standard InChI is InChI=1S/C22H22N2O4S/c1-27-20-11-10-18(15-21(20)28-2)29(25,26)24-13-12-23-22(24)14-17-8-5-7-16-6-3-4-9-19(16)17/h3-11,15H,12-14H2,1-2H3/p+1. The van der Waals surface area contributed by atoms with Crippen LogP contribution in [0.4, 0.5) is 0 Å². The zero-order chi connectivity index (χ0) is 20.4. The van der Waals surface area contributed by atoms with Crippen LogP contribution in [0.1, 0.15) is 5.56 Å². The third-order valence-electron chi connectivity index (χ3n) is 5.13. The lowest BCUT2D eigenvalue weighted by Crippen LogP contribution is -2.29. The van der Waals surface area contributed by atoms with Crippen molar-refractivity contribution in [2.24, 2.45) is 0 Å². The van der Waals surface area contributed by atoms with Gasteiger partial charge in [-0.25, -0.2) is 0 Å². The van der Waals surface area contributed by atoms with Gasteiger partial charge in [-0.05, 0) is 28.5 Å². The van der Waals surface area contributed by atoms with E-state index in [0.717, 1.165) is 16.3 Å². The van der Waals surface area contributed by atoms with Gasteiger partial charge in [0.2, 0.25) is 0 Å². The first-order chi connectivity index (χ1) is 14.0. The highest BCUT2D eigenvalue weighted by atomic mass is 32.2. The molecule has 0 saturated carbocycles. The molecule has 0 aromatic heterocycles. The van der Waals surface area contributed by atoms with Crippen LogP contribution in [0.2, 0.25) is 0 Å². The fraction of sp³-hybridized carbons (Fsp3) is 0.227. The van der Waals surface area contributed by atoms with Gasteiger partial charge in [0.1, 0.15) is 18.0 Å². The minimum absolute atomic E-state index is 0.175. The van der Waals surface area contributed by atoms with E-state index in [1.807, 2.05) is 24.3 Å². The summed E-state index contributed by atoms with van der Waals surface area (Å²) in [5.74, 6) is 1.55. The van der Waals surface area contributed by atoms with Crippen molar-refractivity contribution < 1.29 is 21.9 Å². The molecule has 4 rings (SSSR count). The Morgan fingerprint density at radius 3 is 2.52 bits per heavy atom. The molecule has 0 bridgehead atoms. The maximum Gasteiger partial charge on any atom is 0.331 e. The summed E-state index contributed by atoms with van der Waals surface area (Å²) in [6, 6.07) is 18.9. The molecular formula is C22H23N2O4S+. The van der Waals surface area contributed by atoms with Crippen LogP contribution in [-0.4, -0.2) is 45.5 Å². The number of hydrogen-bond donors (Lipinski definition) is 1. The number of amidine groups is 1. The summed E-state index contributed by atoms with van der Waals surface area (Å²) in [7, 11) is -0.710. The summed E-state index contributed by atoms with van der Waals surface area (Å²) >= 11 is 0. The summed E-state index contributed by atoms with van der Waals surface area (Å²) in [5, 5.41) is 5.52. The normalized spacial score (nSPS) is 14.1. The SMILES string of the molecule is COc1ccc(S(=O)(=O)[N+]2=C(Cc3cccc4ccccc34)NCC2)cc1OC. The molecule has 3 aromatic carbocycles. The van der Waals surface area contributed by atoms with Gasteiger partial charge in [0, 0.05) is 6.07 Å². The molecule has 29 heavy (non-hydrogen) atoms. The van der Waals surface area contributed by atoms with Gasteiger partial charge in [-0.3, -0.25) is 5.32 Å². The molecule has 0 aliphatic carbocycles. The van der Waals surface area contributed by atoms with E-state index in [4.69, 9.17) is 9.47 Å². The van der Waals surface area contributed by atoms with Gasteiger partial charge in [0.05, 0.1) is 20.6 Å². The lowest BCUT2D eigenvalue weighted by Gasteiger charge is -2.11. The van der Waals surface area contributed by atoms with Crippen molar-refractivity contribution in [1.29, 1.82) is 0 Å². The molecule has 1 aliphatic heterocycles. The van der Waals surface area contributed by atoms with Crippen LogP contribution >= 0.6 is 0 Å². The molecule has 0 atom stereocenters. The number of methoxy groups -OCH3 is 2. The Kier molecular flexibility index (Phi) is 5.15. The largest absolute Gasteiger partial charge is 0.493 e. The Balaban J connectivity index is 1.75. The van der Waals surface area contributed by atoms with Crippen molar-refractivity contribution in [3.8, 4) is 11.5 Å². The van der Waals surface area contributed by atoms with Gasteiger partial charge in [-0.1, -0.05) is 42.5 Å². The average Bonchev–Trinajstić information content (AvgIpc) is 3.22. The second-order valence-corrected chi connectivity index (χ2v) is 8.64. The maximum absolute atomic E-state index is 13.3. The fourth-order valence-corrected chi connectivity index (χ4v) is 5.17. The Bertz CT molecular complexity index is 1200. The highest BCUT2D eigenvalue weighted by molar-refractivity contribution is 7.85. The smallest absolute Gasteiger partial charge is 0.331 e. The highest BCUT2D eigenvalue weighted by Gasteiger charge is 2.33. The molecule has 0 fully saturated rings. The van der Waals surface area contributed by atoms with Crippen molar-refractivity contribution in [1.82, 2.24) is 5.32 Å². The molecule has 0 amide bonds. The van der Waals surface area contributed by atoms with Crippen LogP contribution in [-0.2, 0) is 16.4 Å². The van der Waals surface area contributed by atoms with E-state index in [1.165, 1.54) is 24.3 Å². The molecule has 7 heteroatoms. The van der Waals surface area contributed by atoms with Gasteiger partial charge in [-0.2, -0.15) is 8.42 Å². The van der Waals surface area contributed by atoms with Gasteiger partial charge in [-0.15, -0.1) is 3.98 Å². The molecular weight excluding hydrogens is 388 g/mol. The van der Waals surface area contributed by atoms with Crippen LogP contribution in [0.15, 0.2) is 65.6 Å². The van der Waals surface area contributed by atoms with E-state index >= 15 is 0 Å². The van der Waals surface area contributed by atoms with Crippen LogP contribution in [0.5, 0.6) is 11.5 Å². The van der Waals surface area contributed by atoms with Crippen LogP contribution in [0.25, 0.3) is 10.8 Å². The minimum atomic E-state index is -3.72. The van der Waals surface area contributed by atoms with Gasteiger partial charge >= 0.3 is 10.0 Å². The average molecular weight is 412 g/mol. The first kappa shape index (κ1) is 19.3. The van der Waals surface area contributed by atoms with E-state index in [1.54, 1.807) is 12.1 Å². The fourth-order valence-electron chi connectivity index (χ4n) is 3.67. The topological polar surface area (TPSA) is 67.6 Å². The Morgan fingerprint density at radius 1 is 0.966 bits per heavy atom. The zero-order valence-corrected chi connectivity index (χ0v) is 17.2. The van der Waals surface area contributed by atoms with Crippen molar-refractivity contribution in [2.45, 2.75) is 11.3 Å². The van der Waals surface area contributed by atoms with Gasteiger partial charge in [0.25, 0.3) is 5.84 Å². The lowest BCUT2D eigenvalue weighted by molar-refractivity contribution is -0.354. The molecule has 1 heterocycles. The van der Waals surface area contributed by atoms with Crippen molar-refractivity contribution >= 4 is 26.6 Å². The summed E-state index contributed by atoms with van der Waals surface area (Å²) in [6.07, 6.45) is 0.508. The van der Waals surface area contributed by atoms with E-state index in [0.29, 0.717) is 36.8 Å². The third kappa shape index (κ3) is 3.53. The second-order valence-electron chi connectivity index (χ2n) is 6.78. The first-order valence-corrected chi connectivity index (χ1v) is 10.8. The predicted molar refractivity (Wildman–Crippen MR) is 113 cm³/mol. The molecule has 1 N–H and O–H groups in total. The maximum atomic E-state index is 13.3. The Morgan fingerprint density at radius 2 is 1.72 bits per heavy atom. The predicted octanol–water partition coefficient (Wildman–Crippen LogP) is 2.80. The van der Waals surface area contributed by atoms with Crippen molar-refractivity contribution in [2.75, 3.05) is 27.3 Å². The summed E-state index contributed by atoms with van der Waals surface area (Å²) in [5.41, 5.74) is 1.08. The Hall–Kier alpha value is -3.06. The van der Waals surface area contributed by atoms with Gasteiger partial charge < -0.3 is 9.47 Å². The van der Waals surface area contributed by atoms with E-state index in [-0.39, 0.29) is 4.90 Å². The minimum Gasteiger partial charge on any atom is -0.493 e. The van der Waals surface area contributed by atoms with E-state index in [9.17, 15) is 8.42 Å². The summed E-state index contributed by atoms with van der Waals surface area (Å²) in [4.78, 5) is 0.175. The molecule has 0 unspecified atom stereocenters. The molecule has 3 aromatic rings. The third-order valence-corrected chi connectivity index (χ3v) is 6.96. The number of fused-ring (bicyclic) bond motifs is 1. The molecule has 1 aliphatic rings. The van der Waals surface area contributed by atoms with Gasteiger partial charge in [0.15, 0.2) is 11.5 Å². The summed E-state index contributed by atoms with van der Waals surface area (Å²) < 4.78 is 38.6. The molecule has 150 valence electrons. The molecule has 0 saturated heterocycles. The van der Waals surface area contributed by atoms with E-state index < -0.39 is 10.0 Å². The number of ether oxygens (including phenoxy) is 2. The molecule has 0 spiro atoms. The number of nitrogens with zero attached hydrogens (tertiary/aromatic N) is 1. The second kappa shape index (κ2) is 7.75. The van der Waals surface area contributed by atoms with Crippen LogP contribution in [0.3, 0.4) is 0 Å². The number of sulfonamides is 1. The quantitative estimate of drug-likeness (QED) is 0.632. The molecule has 6 nitrogen and oxygen atoms in total. The monoisotopic (exact) mass is 411 g/mol. The number of hydrogen-bond acceptors (Lipinski definition) is 5. The highest BCUT2D eigenvalue weighted by Crippen LogP contribution is 2.30. The number of rotatable bonds is 6. The number of nitrogens with one attached hydrogen (secondary N) is 1. The molecule has 0 radical (unpaired) electrons. The van der Waals surface area contributed by atoms with Crippen molar-refractivity contribution in [3.63, 3.8) is 0 Å². The zero-order valence-electron chi connectivity index (χ0n) is 16.4. The van der Waals surface area contributed by atoms with Crippen LogP contribution in [0, 0.1) is 0 Å². The van der Waals surface area contributed by atoms with Crippen LogP contribution < -0.4 is 14.8 Å².